The van der Waals surface area contributed by atoms with E-state index in [9.17, 15) is 4.79 Å². The molecule has 1 amide bonds. The lowest BCUT2D eigenvalue weighted by Gasteiger charge is -2.43. The molecule has 5 nitrogen and oxygen atoms in total. The second-order valence-electron chi connectivity index (χ2n) is 7.05. The van der Waals surface area contributed by atoms with Gasteiger partial charge in [-0.05, 0) is 25.3 Å². The summed E-state index contributed by atoms with van der Waals surface area (Å²) in [7, 11) is 0. The Hall–Kier alpha value is -2.14. The summed E-state index contributed by atoms with van der Waals surface area (Å²) >= 11 is 0. The molecule has 1 aromatic carbocycles. The number of hydrogen-bond acceptors (Lipinski definition) is 3. The standard InChI is InChI=1S/C20H25N3O2/c1-15-17(13-21-23(15)14-16-7-3-2-4-8-16)20(24)22-11-12-25-19-10-6-5-9-18(19)22/h2-4,7-8,13,18-19H,5-6,9-12,14H2,1H3. The normalized spacial score (nSPS) is 23.3. The fourth-order valence-electron chi connectivity index (χ4n) is 4.08. The Bertz CT molecular complexity index is 739. The van der Waals surface area contributed by atoms with Crippen LogP contribution in [-0.4, -0.2) is 45.9 Å². The van der Waals surface area contributed by atoms with Gasteiger partial charge in [0.25, 0.3) is 5.91 Å². The van der Waals surface area contributed by atoms with Crippen molar-refractivity contribution in [3.8, 4) is 0 Å². The van der Waals surface area contributed by atoms with Crippen LogP contribution >= 0.6 is 0 Å². The van der Waals surface area contributed by atoms with Crippen molar-refractivity contribution >= 4 is 5.91 Å². The quantitative estimate of drug-likeness (QED) is 0.863. The second kappa shape index (κ2) is 7.00. The van der Waals surface area contributed by atoms with Gasteiger partial charge in [0.2, 0.25) is 0 Å². The van der Waals surface area contributed by atoms with E-state index in [2.05, 4.69) is 17.2 Å². The van der Waals surface area contributed by atoms with Gasteiger partial charge in [0.05, 0.1) is 37.1 Å². The molecular weight excluding hydrogens is 314 g/mol. The number of carbonyl (C=O) groups is 1. The van der Waals surface area contributed by atoms with Gasteiger partial charge in [0.1, 0.15) is 0 Å². The lowest BCUT2D eigenvalue weighted by atomic mass is 9.90. The summed E-state index contributed by atoms with van der Waals surface area (Å²) in [5, 5.41) is 4.47. The number of morpholine rings is 1. The first-order valence-corrected chi connectivity index (χ1v) is 9.23. The molecule has 2 aromatic rings. The Morgan fingerprint density at radius 2 is 2.04 bits per heavy atom. The van der Waals surface area contributed by atoms with Crippen molar-refractivity contribution in [3.05, 3.63) is 53.3 Å². The van der Waals surface area contributed by atoms with Crippen LogP contribution in [0.15, 0.2) is 36.5 Å². The molecule has 0 spiro atoms. The number of nitrogens with zero attached hydrogens (tertiary/aromatic N) is 3. The van der Waals surface area contributed by atoms with Crippen LogP contribution in [0.2, 0.25) is 0 Å². The summed E-state index contributed by atoms with van der Waals surface area (Å²) in [6, 6.07) is 10.4. The van der Waals surface area contributed by atoms with E-state index in [1.165, 1.54) is 18.4 Å². The maximum Gasteiger partial charge on any atom is 0.257 e. The third kappa shape index (κ3) is 3.21. The Morgan fingerprint density at radius 3 is 2.88 bits per heavy atom. The Balaban J connectivity index is 1.54. The number of ether oxygens (including phenoxy) is 1. The largest absolute Gasteiger partial charge is 0.374 e. The van der Waals surface area contributed by atoms with Crippen LogP contribution in [0.4, 0.5) is 0 Å². The van der Waals surface area contributed by atoms with Crippen LogP contribution in [0, 0.1) is 6.92 Å². The van der Waals surface area contributed by atoms with Gasteiger partial charge < -0.3 is 9.64 Å². The Kier molecular flexibility index (Phi) is 4.57. The summed E-state index contributed by atoms with van der Waals surface area (Å²) in [5.74, 6) is 0.108. The molecule has 2 fully saturated rings. The van der Waals surface area contributed by atoms with E-state index >= 15 is 0 Å². The van der Waals surface area contributed by atoms with Gasteiger partial charge >= 0.3 is 0 Å². The molecule has 132 valence electrons. The number of amides is 1. The van der Waals surface area contributed by atoms with Gasteiger partial charge in [-0.25, -0.2) is 0 Å². The molecule has 2 unspecified atom stereocenters. The number of benzene rings is 1. The molecule has 2 heterocycles. The van der Waals surface area contributed by atoms with E-state index < -0.39 is 0 Å². The fourth-order valence-corrected chi connectivity index (χ4v) is 4.08. The smallest absolute Gasteiger partial charge is 0.257 e. The molecule has 1 aromatic heterocycles. The number of fused-ring (bicyclic) bond motifs is 1. The molecule has 5 heteroatoms. The number of rotatable bonds is 3. The molecule has 1 saturated heterocycles. The van der Waals surface area contributed by atoms with Gasteiger partial charge in [-0.15, -0.1) is 0 Å². The zero-order valence-corrected chi connectivity index (χ0v) is 14.7. The second-order valence-corrected chi connectivity index (χ2v) is 7.05. The van der Waals surface area contributed by atoms with Crippen molar-refractivity contribution in [2.24, 2.45) is 0 Å². The molecular formula is C20H25N3O2. The van der Waals surface area contributed by atoms with Crippen molar-refractivity contribution in [1.29, 1.82) is 0 Å². The molecule has 0 N–H and O–H groups in total. The highest BCUT2D eigenvalue weighted by atomic mass is 16.5. The first kappa shape index (κ1) is 16.3. The zero-order valence-electron chi connectivity index (χ0n) is 14.7. The third-order valence-electron chi connectivity index (χ3n) is 5.50. The van der Waals surface area contributed by atoms with E-state index in [-0.39, 0.29) is 18.1 Å². The number of aromatic nitrogens is 2. The molecule has 0 bridgehead atoms. The van der Waals surface area contributed by atoms with Gasteiger partial charge in [-0.2, -0.15) is 5.10 Å². The van der Waals surface area contributed by atoms with Crippen LogP contribution in [0.3, 0.4) is 0 Å². The van der Waals surface area contributed by atoms with Crippen LogP contribution in [0.1, 0.15) is 47.3 Å². The van der Waals surface area contributed by atoms with Crippen molar-refractivity contribution < 1.29 is 9.53 Å². The third-order valence-corrected chi connectivity index (χ3v) is 5.50. The van der Waals surface area contributed by atoms with Crippen LogP contribution in [0.5, 0.6) is 0 Å². The van der Waals surface area contributed by atoms with Gasteiger partial charge in [0, 0.05) is 12.2 Å². The van der Waals surface area contributed by atoms with Crippen molar-refractivity contribution in [1.82, 2.24) is 14.7 Å². The predicted molar refractivity (Wildman–Crippen MR) is 95.5 cm³/mol. The number of carbonyl (C=O) groups excluding carboxylic acids is 1. The average molecular weight is 339 g/mol. The SMILES string of the molecule is Cc1c(C(=O)N2CCOC3CCCCC32)cnn1Cc1ccccc1. The zero-order chi connectivity index (χ0) is 17.2. The maximum atomic E-state index is 13.2. The highest BCUT2D eigenvalue weighted by molar-refractivity contribution is 5.95. The van der Waals surface area contributed by atoms with Crippen LogP contribution in [-0.2, 0) is 11.3 Å². The lowest BCUT2D eigenvalue weighted by Crippen LogP contribution is -2.54. The van der Waals surface area contributed by atoms with Gasteiger partial charge in [-0.3, -0.25) is 9.48 Å². The molecule has 2 atom stereocenters. The summed E-state index contributed by atoms with van der Waals surface area (Å²) in [6.07, 6.45) is 6.45. The lowest BCUT2D eigenvalue weighted by molar-refractivity contribution is -0.0753. The van der Waals surface area contributed by atoms with Gasteiger partial charge in [0.15, 0.2) is 0 Å². The summed E-state index contributed by atoms with van der Waals surface area (Å²) < 4.78 is 7.82. The summed E-state index contributed by atoms with van der Waals surface area (Å²) in [4.78, 5) is 15.2. The first-order valence-electron chi connectivity index (χ1n) is 9.23. The van der Waals surface area contributed by atoms with E-state index in [1.54, 1.807) is 6.20 Å². The van der Waals surface area contributed by atoms with E-state index in [0.717, 1.165) is 24.1 Å². The average Bonchev–Trinajstić information content (AvgIpc) is 3.02. The van der Waals surface area contributed by atoms with Crippen LogP contribution in [0.25, 0.3) is 0 Å². The molecule has 1 aliphatic carbocycles. The molecule has 1 aliphatic heterocycles. The van der Waals surface area contributed by atoms with Crippen molar-refractivity contribution in [3.63, 3.8) is 0 Å². The fraction of sp³-hybridized carbons (Fsp3) is 0.500. The minimum atomic E-state index is 0.108. The maximum absolute atomic E-state index is 13.2. The van der Waals surface area contributed by atoms with Gasteiger partial charge in [-0.1, -0.05) is 43.2 Å². The highest BCUT2D eigenvalue weighted by Crippen LogP contribution is 2.29. The number of hydrogen-bond donors (Lipinski definition) is 0. The summed E-state index contributed by atoms with van der Waals surface area (Å²) in [5.41, 5.74) is 2.85. The Labute approximate surface area is 148 Å². The monoisotopic (exact) mass is 339 g/mol. The first-order chi connectivity index (χ1) is 12.2. The minimum absolute atomic E-state index is 0.108. The van der Waals surface area contributed by atoms with E-state index in [0.29, 0.717) is 19.7 Å². The van der Waals surface area contributed by atoms with E-state index in [1.807, 2.05) is 34.7 Å². The molecule has 1 saturated carbocycles. The predicted octanol–water partition coefficient (Wildman–Crippen LogP) is 3.02. The molecule has 25 heavy (non-hydrogen) atoms. The molecule has 0 radical (unpaired) electrons. The summed E-state index contributed by atoms with van der Waals surface area (Å²) in [6.45, 7) is 4.00. The minimum Gasteiger partial charge on any atom is -0.374 e. The van der Waals surface area contributed by atoms with E-state index in [4.69, 9.17) is 4.74 Å². The van der Waals surface area contributed by atoms with Crippen molar-refractivity contribution in [2.75, 3.05) is 13.2 Å². The molecule has 4 rings (SSSR count). The Morgan fingerprint density at radius 1 is 1.24 bits per heavy atom. The van der Waals surface area contributed by atoms with Crippen molar-refractivity contribution in [2.45, 2.75) is 51.3 Å². The molecule has 2 aliphatic rings. The van der Waals surface area contributed by atoms with Crippen LogP contribution < -0.4 is 0 Å². The highest BCUT2D eigenvalue weighted by Gasteiger charge is 2.37. The topological polar surface area (TPSA) is 47.4 Å².